The lowest BCUT2D eigenvalue weighted by molar-refractivity contribution is -0.143. The molecule has 148 valence electrons. The standard InChI is InChI=1S/C21H22BrNO5/c1-26-17-5-3-15(22)11-16(17)20(23-8-6-13(7-9-23)21(24)25)14-2-4-18-19(10-14)28-12-27-18/h2-5,10-11,13,20H,6-9,12H2,1H3,(H,24,25). The smallest absolute Gasteiger partial charge is 0.306 e. The zero-order chi connectivity index (χ0) is 19.7. The lowest BCUT2D eigenvalue weighted by Crippen LogP contribution is -2.39. The van der Waals surface area contributed by atoms with E-state index in [0.717, 1.165) is 32.8 Å². The molecular weight excluding hydrogens is 426 g/mol. The molecule has 2 aliphatic heterocycles. The van der Waals surface area contributed by atoms with Crippen LogP contribution in [0.4, 0.5) is 0 Å². The summed E-state index contributed by atoms with van der Waals surface area (Å²) in [6.45, 7) is 1.63. The first-order valence-electron chi connectivity index (χ1n) is 9.26. The number of likely N-dealkylation sites (tertiary alicyclic amines) is 1. The van der Waals surface area contributed by atoms with Crippen LogP contribution < -0.4 is 14.2 Å². The molecular formula is C21H22BrNO5. The first kappa shape index (κ1) is 19.1. The highest BCUT2D eigenvalue weighted by atomic mass is 79.9. The van der Waals surface area contributed by atoms with Gasteiger partial charge in [-0.2, -0.15) is 0 Å². The number of hydrogen-bond donors (Lipinski definition) is 1. The van der Waals surface area contributed by atoms with Crippen molar-refractivity contribution in [3.63, 3.8) is 0 Å². The number of fused-ring (bicyclic) bond motifs is 1. The molecule has 0 aromatic heterocycles. The number of halogens is 1. The second kappa shape index (κ2) is 8.01. The molecule has 4 rings (SSSR count). The molecule has 1 N–H and O–H groups in total. The minimum Gasteiger partial charge on any atom is -0.496 e. The van der Waals surface area contributed by atoms with Crippen molar-refractivity contribution in [2.24, 2.45) is 5.92 Å². The summed E-state index contributed by atoms with van der Waals surface area (Å²) in [6.07, 6.45) is 1.26. The summed E-state index contributed by atoms with van der Waals surface area (Å²) >= 11 is 3.57. The van der Waals surface area contributed by atoms with Crippen LogP contribution in [0.1, 0.15) is 30.0 Å². The van der Waals surface area contributed by atoms with Crippen LogP contribution in [0.5, 0.6) is 17.2 Å². The molecule has 0 spiro atoms. The minimum atomic E-state index is -0.709. The SMILES string of the molecule is COc1ccc(Br)cc1C(c1ccc2c(c1)OCO2)N1CCC(C(=O)O)CC1. The van der Waals surface area contributed by atoms with Gasteiger partial charge in [0.15, 0.2) is 11.5 Å². The van der Waals surface area contributed by atoms with Crippen molar-refractivity contribution in [3.05, 3.63) is 52.0 Å². The molecule has 0 bridgehead atoms. The number of methoxy groups -OCH3 is 1. The van der Waals surface area contributed by atoms with E-state index in [-0.39, 0.29) is 18.8 Å². The van der Waals surface area contributed by atoms with Crippen LogP contribution in [0.15, 0.2) is 40.9 Å². The predicted molar refractivity (Wildman–Crippen MR) is 107 cm³/mol. The molecule has 2 aliphatic rings. The molecule has 6 nitrogen and oxygen atoms in total. The molecule has 1 unspecified atom stereocenters. The number of benzene rings is 2. The van der Waals surface area contributed by atoms with E-state index in [2.05, 4.69) is 26.9 Å². The van der Waals surface area contributed by atoms with E-state index >= 15 is 0 Å². The van der Waals surface area contributed by atoms with Gasteiger partial charge in [-0.1, -0.05) is 22.0 Å². The Balaban J connectivity index is 1.74. The van der Waals surface area contributed by atoms with E-state index in [4.69, 9.17) is 14.2 Å². The molecule has 1 atom stereocenters. The summed E-state index contributed by atoms with van der Waals surface area (Å²) in [5.74, 6) is 1.29. The number of piperidine rings is 1. The number of rotatable bonds is 5. The fourth-order valence-corrected chi connectivity index (χ4v) is 4.37. The predicted octanol–water partition coefficient (Wildman–Crippen LogP) is 4.07. The van der Waals surface area contributed by atoms with Crippen molar-refractivity contribution in [2.45, 2.75) is 18.9 Å². The lowest BCUT2D eigenvalue weighted by atomic mass is 9.91. The third kappa shape index (κ3) is 3.69. The second-order valence-corrected chi connectivity index (χ2v) is 7.97. The Kier molecular flexibility index (Phi) is 5.46. The Morgan fingerprint density at radius 2 is 1.93 bits per heavy atom. The Hall–Kier alpha value is -2.25. The molecule has 2 aromatic rings. The number of carboxylic acids is 1. The van der Waals surface area contributed by atoms with Gasteiger partial charge >= 0.3 is 5.97 Å². The van der Waals surface area contributed by atoms with Gasteiger partial charge in [-0.05, 0) is 61.8 Å². The minimum absolute atomic E-state index is 0.0725. The molecule has 0 aliphatic carbocycles. The number of carboxylic acid groups (broad SMARTS) is 1. The van der Waals surface area contributed by atoms with E-state index < -0.39 is 5.97 Å². The molecule has 7 heteroatoms. The maximum absolute atomic E-state index is 11.4. The zero-order valence-electron chi connectivity index (χ0n) is 15.6. The summed E-state index contributed by atoms with van der Waals surface area (Å²) in [5, 5.41) is 9.35. The van der Waals surface area contributed by atoms with Crippen LogP contribution in [-0.4, -0.2) is 43.0 Å². The largest absolute Gasteiger partial charge is 0.496 e. The van der Waals surface area contributed by atoms with E-state index in [0.29, 0.717) is 25.9 Å². The number of ether oxygens (including phenoxy) is 3. The number of nitrogens with zero attached hydrogens (tertiary/aromatic N) is 1. The van der Waals surface area contributed by atoms with E-state index in [1.807, 2.05) is 30.3 Å². The molecule has 28 heavy (non-hydrogen) atoms. The summed E-state index contributed by atoms with van der Waals surface area (Å²) in [6, 6.07) is 11.9. The first-order chi connectivity index (χ1) is 13.6. The molecule has 0 amide bonds. The van der Waals surface area contributed by atoms with Gasteiger partial charge in [0.25, 0.3) is 0 Å². The highest BCUT2D eigenvalue weighted by Gasteiger charge is 2.32. The topological polar surface area (TPSA) is 68.2 Å². The number of hydrogen-bond acceptors (Lipinski definition) is 5. The van der Waals surface area contributed by atoms with E-state index in [9.17, 15) is 9.90 Å². The molecule has 1 saturated heterocycles. The molecule has 0 radical (unpaired) electrons. The third-order valence-electron chi connectivity index (χ3n) is 5.44. The van der Waals surface area contributed by atoms with Gasteiger partial charge < -0.3 is 19.3 Å². The van der Waals surface area contributed by atoms with Crippen LogP contribution in [0, 0.1) is 5.92 Å². The fourth-order valence-electron chi connectivity index (χ4n) is 3.99. The quantitative estimate of drug-likeness (QED) is 0.744. The fraction of sp³-hybridized carbons (Fsp3) is 0.381. The van der Waals surface area contributed by atoms with Gasteiger partial charge in [0.1, 0.15) is 5.75 Å². The van der Waals surface area contributed by atoms with Gasteiger partial charge in [0, 0.05) is 10.0 Å². The summed E-state index contributed by atoms with van der Waals surface area (Å²) in [4.78, 5) is 13.7. The van der Waals surface area contributed by atoms with Crippen LogP contribution in [-0.2, 0) is 4.79 Å². The van der Waals surface area contributed by atoms with Crippen LogP contribution in [0.25, 0.3) is 0 Å². The molecule has 0 saturated carbocycles. The Morgan fingerprint density at radius 1 is 1.18 bits per heavy atom. The monoisotopic (exact) mass is 447 g/mol. The molecule has 2 aromatic carbocycles. The van der Waals surface area contributed by atoms with Gasteiger partial charge in [-0.3, -0.25) is 9.69 Å². The van der Waals surface area contributed by atoms with Gasteiger partial charge in [0.2, 0.25) is 6.79 Å². The summed E-state index contributed by atoms with van der Waals surface area (Å²) in [7, 11) is 1.67. The van der Waals surface area contributed by atoms with Crippen molar-refractivity contribution >= 4 is 21.9 Å². The molecule has 2 heterocycles. The summed E-state index contributed by atoms with van der Waals surface area (Å²) in [5.41, 5.74) is 2.10. The van der Waals surface area contributed by atoms with Gasteiger partial charge in [-0.15, -0.1) is 0 Å². The number of aliphatic carboxylic acids is 1. The van der Waals surface area contributed by atoms with Crippen molar-refractivity contribution in [1.29, 1.82) is 0 Å². The highest BCUT2D eigenvalue weighted by Crippen LogP contribution is 2.42. The third-order valence-corrected chi connectivity index (χ3v) is 5.94. The average Bonchev–Trinajstić information content (AvgIpc) is 3.17. The van der Waals surface area contributed by atoms with Crippen LogP contribution in [0.3, 0.4) is 0 Å². The Bertz CT molecular complexity index is 879. The van der Waals surface area contributed by atoms with Gasteiger partial charge in [0.05, 0.1) is 19.1 Å². The van der Waals surface area contributed by atoms with Crippen molar-refractivity contribution in [1.82, 2.24) is 4.90 Å². The maximum atomic E-state index is 11.4. The first-order valence-corrected chi connectivity index (χ1v) is 10.1. The van der Waals surface area contributed by atoms with E-state index in [1.165, 1.54) is 0 Å². The highest BCUT2D eigenvalue weighted by molar-refractivity contribution is 9.10. The normalized spacial score (nSPS) is 18.1. The average molecular weight is 448 g/mol. The van der Waals surface area contributed by atoms with Crippen molar-refractivity contribution in [2.75, 3.05) is 27.0 Å². The van der Waals surface area contributed by atoms with Crippen molar-refractivity contribution in [3.8, 4) is 17.2 Å². The summed E-state index contributed by atoms with van der Waals surface area (Å²) < 4.78 is 17.7. The van der Waals surface area contributed by atoms with E-state index in [1.54, 1.807) is 7.11 Å². The molecule has 1 fully saturated rings. The van der Waals surface area contributed by atoms with Crippen LogP contribution >= 0.6 is 15.9 Å². The zero-order valence-corrected chi connectivity index (χ0v) is 17.1. The lowest BCUT2D eigenvalue weighted by Gasteiger charge is -2.37. The second-order valence-electron chi connectivity index (χ2n) is 7.05. The number of carbonyl (C=O) groups is 1. The van der Waals surface area contributed by atoms with Crippen LogP contribution in [0.2, 0.25) is 0 Å². The maximum Gasteiger partial charge on any atom is 0.306 e. The van der Waals surface area contributed by atoms with Crippen molar-refractivity contribution < 1.29 is 24.1 Å². The Labute approximate surface area is 172 Å². The van der Waals surface area contributed by atoms with Gasteiger partial charge in [-0.25, -0.2) is 0 Å². The Morgan fingerprint density at radius 3 is 2.64 bits per heavy atom.